The van der Waals surface area contributed by atoms with Crippen LogP contribution in [-0.2, 0) is 4.79 Å². The number of thiazole rings is 1. The third-order valence-corrected chi connectivity index (χ3v) is 5.94. The first-order valence-electron chi connectivity index (χ1n) is 7.66. The van der Waals surface area contributed by atoms with E-state index >= 15 is 0 Å². The van der Waals surface area contributed by atoms with Gasteiger partial charge in [-0.25, -0.2) is 4.98 Å². The van der Waals surface area contributed by atoms with E-state index in [9.17, 15) is 4.79 Å². The first-order valence-corrected chi connectivity index (χ1v) is 9.36. The fraction of sp³-hybridized carbons (Fsp3) is 0.105. The van der Waals surface area contributed by atoms with Crippen molar-refractivity contribution in [2.75, 3.05) is 7.11 Å². The molecule has 1 aliphatic heterocycles. The molecule has 124 valence electrons. The number of benzene rings is 2. The lowest BCUT2D eigenvalue weighted by Crippen LogP contribution is -2.11. The molecule has 0 aliphatic carbocycles. The summed E-state index contributed by atoms with van der Waals surface area (Å²) in [4.78, 5) is 17.6. The predicted octanol–water partition coefficient (Wildman–Crippen LogP) is 4.72. The average Bonchev–Trinajstić information content (AvgIpc) is 3.24. The number of methoxy groups -OCH3 is 1. The molecule has 1 aromatic heterocycles. The maximum atomic E-state index is 12.8. The summed E-state index contributed by atoms with van der Waals surface area (Å²) in [5, 5.41) is 13.1. The fourth-order valence-corrected chi connectivity index (χ4v) is 4.73. The number of fused-ring (bicyclic) bond motifs is 1. The molecule has 2 aromatic carbocycles. The summed E-state index contributed by atoms with van der Waals surface area (Å²) in [5.74, 6) is 0.196. The van der Waals surface area contributed by atoms with Crippen LogP contribution >= 0.6 is 23.1 Å². The highest BCUT2D eigenvalue weighted by Gasteiger charge is 2.38. The molecule has 0 bridgehead atoms. The van der Waals surface area contributed by atoms with Crippen LogP contribution in [0.1, 0.15) is 16.5 Å². The van der Waals surface area contributed by atoms with Crippen molar-refractivity contribution in [2.24, 2.45) is 0 Å². The molecule has 0 radical (unpaired) electrons. The maximum absolute atomic E-state index is 12.8. The second-order valence-corrected chi connectivity index (χ2v) is 7.56. The van der Waals surface area contributed by atoms with Crippen LogP contribution < -0.4 is 4.74 Å². The van der Waals surface area contributed by atoms with Crippen molar-refractivity contribution < 1.29 is 9.53 Å². The van der Waals surface area contributed by atoms with Gasteiger partial charge in [-0.3, -0.25) is 10.2 Å². The lowest BCUT2D eigenvalue weighted by molar-refractivity contribution is -0.114. The monoisotopic (exact) mass is 366 g/mol. The summed E-state index contributed by atoms with van der Waals surface area (Å²) in [6, 6.07) is 11.8. The average molecular weight is 366 g/mol. The molecule has 4 rings (SSSR count). The summed E-state index contributed by atoms with van der Waals surface area (Å²) in [6.07, 6.45) is 3.54. The van der Waals surface area contributed by atoms with Gasteiger partial charge < -0.3 is 4.74 Å². The van der Waals surface area contributed by atoms with Crippen molar-refractivity contribution in [2.45, 2.75) is 5.92 Å². The molecule has 1 N–H and O–H groups in total. The first kappa shape index (κ1) is 16.1. The van der Waals surface area contributed by atoms with Crippen molar-refractivity contribution in [3.8, 4) is 5.75 Å². The highest BCUT2D eigenvalue weighted by molar-refractivity contribution is 8.19. The molecule has 1 saturated heterocycles. The zero-order chi connectivity index (χ0) is 17.4. The molecule has 4 nitrogen and oxygen atoms in total. The molecule has 6 heteroatoms. The van der Waals surface area contributed by atoms with Crippen LogP contribution in [0, 0.1) is 5.41 Å². The minimum absolute atomic E-state index is 0.0511. The van der Waals surface area contributed by atoms with Crippen molar-refractivity contribution >= 4 is 50.8 Å². The van der Waals surface area contributed by atoms with Gasteiger partial charge in [0.1, 0.15) is 16.7 Å². The molecule has 0 amide bonds. The molecule has 2 heterocycles. The number of aromatic nitrogens is 1. The van der Waals surface area contributed by atoms with Crippen LogP contribution in [0.4, 0.5) is 0 Å². The van der Waals surface area contributed by atoms with Gasteiger partial charge in [0.15, 0.2) is 5.78 Å². The van der Waals surface area contributed by atoms with Crippen LogP contribution in [0.2, 0.25) is 0 Å². The number of carbonyl (C=O) groups excluding carboxylic acids is 1. The highest BCUT2D eigenvalue weighted by atomic mass is 32.2. The van der Waals surface area contributed by atoms with Crippen molar-refractivity contribution in [3.63, 3.8) is 0 Å². The Morgan fingerprint density at radius 1 is 1.20 bits per heavy atom. The standard InChI is InChI=1S/C19H14N2O2S2/c1-23-14-7-6-11(12-4-2-3-5-13(12)14)10-15-17(22)16(18(20)25-15)19-21-8-9-24-19/h2-10,16,20H,1H3/b15-10-,20-18?/t16-/m1/s1. The Bertz CT molecular complexity index is 1010. The number of thioether (sulfide) groups is 1. The Morgan fingerprint density at radius 2 is 2.00 bits per heavy atom. The fourth-order valence-electron chi connectivity index (χ4n) is 2.93. The zero-order valence-electron chi connectivity index (χ0n) is 13.4. The summed E-state index contributed by atoms with van der Waals surface area (Å²) < 4.78 is 5.42. The quantitative estimate of drug-likeness (QED) is 0.681. The number of ether oxygens (including phenoxy) is 1. The second kappa shape index (κ2) is 6.46. The van der Waals surface area contributed by atoms with E-state index < -0.39 is 5.92 Å². The van der Waals surface area contributed by atoms with Gasteiger partial charge in [0.25, 0.3) is 0 Å². The molecule has 3 aromatic rings. The van der Waals surface area contributed by atoms with Crippen LogP contribution in [0.3, 0.4) is 0 Å². The highest BCUT2D eigenvalue weighted by Crippen LogP contribution is 2.42. The minimum Gasteiger partial charge on any atom is -0.496 e. The summed E-state index contributed by atoms with van der Waals surface area (Å²) in [5.41, 5.74) is 0.944. The predicted molar refractivity (Wildman–Crippen MR) is 104 cm³/mol. The van der Waals surface area contributed by atoms with E-state index in [1.54, 1.807) is 13.3 Å². The number of hydrogen-bond acceptors (Lipinski definition) is 6. The molecule has 1 fully saturated rings. The normalized spacial score (nSPS) is 19.1. The van der Waals surface area contributed by atoms with Gasteiger partial charge in [-0.05, 0) is 23.1 Å². The number of rotatable bonds is 3. The van der Waals surface area contributed by atoms with Gasteiger partial charge >= 0.3 is 0 Å². The lowest BCUT2D eigenvalue weighted by atomic mass is 10.0. The number of nitrogens with zero attached hydrogens (tertiary/aromatic N) is 1. The van der Waals surface area contributed by atoms with Gasteiger partial charge in [0.2, 0.25) is 0 Å². The summed E-state index contributed by atoms with van der Waals surface area (Å²) in [7, 11) is 1.65. The number of ketones is 1. The zero-order valence-corrected chi connectivity index (χ0v) is 15.0. The molecule has 0 unspecified atom stereocenters. The minimum atomic E-state index is -0.555. The number of nitrogens with one attached hydrogen (secondary N) is 1. The molecular formula is C19H14N2O2S2. The number of carbonyl (C=O) groups is 1. The van der Waals surface area contributed by atoms with Crippen molar-refractivity contribution in [3.05, 3.63) is 63.5 Å². The lowest BCUT2D eigenvalue weighted by Gasteiger charge is -2.08. The molecule has 25 heavy (non-hydrogen) atoms. The number of hydrogen-bond donors (Lipinski definition) is 1. The van der Waals surface area contributed by atoms with Gasteiger partial charge in [-0.1, -0.05) is 42.1 Å². The Labute approximate surface area is 153 Å². The third kappa shape index (κ3) is 2.77. The number of Topliss-reactive ketones (excluding diaryl/α,β-unsaturated/α-hetero) is 1. The van der Waals surface area contributed by atoms with Crippen molar-refractivity contribution in [1.29, 1.82) is 5.41 Å². The Kier molecular flexibility index (Phi) is 4.15. The molecule has 0 saturated carbocycles. The summed E-state index contributed by atoms with van der Waals surface area (Å²) >= 11 is 2.64. The van der Waals surface area contributed by atoms with E-state index in [0.717, 1.165) is 22.1 Å². The van der Waals surface area contributed by atoms with Crippen LogP contribution in [-0.4, -0.2) is 22.9 Å². The van der Waals surface area contributed by atoms with Crippen LogP contribution in [0.25, 0.3) is 16.8 Å². The second-order valence-electron chi connectivity index (χ2n) is 5.55. The van der Waals surface area contributed by atoms with Crippen LogP contribution in [0.15, 0.2) is 52.9 Å². The van der Waals surface area contributed by atoms with Gasteiger partial charge in [-0.2, -0.15) is 0 Å². The first-order chi connectivity index (χ1) is 12.2. The Balaban J connectivity index is 1.78. The van der Waals surface area contributed by atoms with E-state index in [4.69, 9.17) is 10.1 Å². The Hall–Kier alpha value is -2.44. The molecule has 1 aliphatic rings. The molecule has 1 atom stereocenters. The summed E-state index contributed by atoms with van der Waals surface area (Å²) in [6.45, 7) is 0. The number of allylic oxidation sites excluding steroid dienone is 1. The molecular weight excluding hydrogens is 352 g/mol. The SMILES string of the molecule is COc1ccc(/C=C2\SC(=N)[C@H](c3nccs3)C2=O)c2ccccc12. The topological polar surface area (TPSA) is 63.0 Å². The van der Waals surface area contributed by atoms with E-state index in [1.807, 2.05) is 47.9 Å². The maximum Gasteiger partial charge on any atom is 0.186 e. The van der Waals surface area contributed by atoms with E-state index in [0.29, 0.717) is 15.0 Å². The van der Waals surface area contributed by atoms with Gasteiger partial charge in [-0.15, -0.1) is 11.3 Å². The van der Waals surface area contributed by atoms with Gasteiger partial charge in [0.05, 0.1) is 17.1 Å². The largest absolute Gasteiger partial charge is 0.496 e. The van der Waals surface area contributed by atoms with Gasteiger partial charge in [0, 0.05) is 17.0 Å². The van der Waals surface area contributed by atoms with Crippen molar-refractivity contribution in [1.82, 2.24) is 4.98 Å². The van der Waals surface area contributed by atoms with E-state index in [2.05, 4.69) is 4.98 Å². The Morgan fingerprint density at radius 3 is 2.72 bits per heavy atom. The van der Waals surface area contributed by atoms with E-state index in [1.165, 1.54) is 23.1 Å². The smallest absolute Gasteiger partial charge is 0.186 e. The van der Waals surface area contributed by atoms with E-state index in [-0.39, 0.29) is 5.78 Å². The third-order valence-electron chi connectivity index (χ3n) is 4.11. The molecule has 0 spiro atoms. The van der Waals surface area contributed by atoms with Crippen LogP contribution in [0.5, 0.6) is 5.75 Å².